The van der Waals surface area contributed by atoms with Gasteiger partial charge < -0.3 is 4.74 Å². The van der Waals surface area contributed by atoms with Crippen LogP contribution < -0.4 is 4.74 Å². The van der Waals surface area contributed by atoms with Crippen molar-refractivity contribution in [3.05, 3.63) is 35.6 Å². The van der Waals surface area contributed by atoms with E-state index in [-0.39, 0.29) is 0 Å². The third-order valence-corrected chi connectivity index (χ3v) is 1.92. The first kappa shape index (κ1) is 9.02. The molecule has 71 valence electrons. The second kappa shape index (κ2) is 3.67. The smallest absolute Gasteiger partial charge is 0.240 e. The molecule has 0 spiro atoms. The SMILES string of the molecule is Cn1nccc1Oc1nc[c]cc1Cl. The topological polar surface area (TPSA) is 39.9 Å². The maximum absolute atomic E-state index is 5.85. The van der Waals surface area contributed by atoms with Crippen LogP contribution >= 0.6 is 11.6 Å². The molecule has 0 aromatic carbocycles. The standard InChI is InChI=1S/C9H7ClN3O/c1-13-8(4-6-12-13)14-9-7(10)3-2-5-11-9/h3-6H,1H3. The van der Waals surface area contributed by atoms with Gasteiger partial charge in [0, 0.05) is 25.4 Å². The Morgan fingerprint density at radius 3 is 3.07 bits per heavy atom. The van der Waals surface area contributed by atoms with Crippen LogP contribution in [-0.2, 0) is 7.05 Å². The van der Waals surface area contributed by atoms with Gasteiger partial charge in [0.15, 0.2) is 0 Å². The molecule has 0 aliphatic heterocycles. The van der Waals surface area contributed by atoms with E-state index in [1.807, 2.05) is 0 Å². The van der Waals surface area contributed by atoms with Crippen molar-refractivity contribution in [3.63, 3.8) is 0 Å². The minimum atomic E-state index is 0.356. The molecular formula is C9H7ClN3O. The van der Waals surface area contributed by atoms with Gasteiger partial charge in [0.05, 0.1) is 6.20 Å². The first-order valence-corrected chi connectivity index (χ1v) is 4.32. The van der Waals surface area contributed by atoms with Gasteiger partial charge in [0.1, 0.15) is 5.02 Å². The zero-order valence-electron chi connectivity index (χ0n) is 7.44. The molecule has 0 amide bonds. The van der Waals surface area contributed by atoms with E-state index < -0.39 is 0 Å². The van der Waals surface area contributed by atoms with Crippen LogP contribution in [0.3, 0.4) is 0 Å². The number of rotatable bonds is 2. The lowest BCUT2D eigenvalue weighted by Crippen LogP contribution is -1.96. The molecule has 0 saturated heterocycles. The van der Waals surface area contributed by atoms with Crippen LogP contribution in [0.25, 0.3) is 0 Å². The highest BCUT2D eigenvalue weighted by atomic mass is 35.5. The first-order chi connectivity index (χ1) is 6.77. The van der Waals surface area contributed by atoms with Crippen molar-refractivity contribution in [1.29, 1.82) is 0 Å². The van der Waals surface area contributed by atoms with Crippen LogP contribution in [0.4, 0.5) is 0 Å². The molecule has 0 saturated carbocycles. The molecule has 5 heteroatoms. The first-order valence-electron chi connectivity index (χ1n) is 3.95. The Labute approximate surface area is 86.1 Å². The Balaban J connectivity index is 2.28. The normalized spacial score (nSPS) is 10.1. The Morgan fingerprint density at radius 2 is 2.43 bits per heavy atom. The van der Waals surface area contributed by atoms with Gasteiger partial charge in [0.2, 0.25) is 11.8 Å². The van der Waals surface area contributed by atoms with Crippen molar-refractivity contribution in [2.45, 2.75) is 0 Å². The van der Waals surface area contributed by atoms with Crippen LogP contribution in [0.2, 0.25) is 5.02 Å². The maximum atomic E-state index is 5.85. The average molecular weight is 209 g/mol. The largest absolute Gasteiger partial charge is 0.419 e. The van der Waals surface area contributed by atoms with E-state index in [2.05, 4.69) is 16.1 Å². The highest BCUT2D eigenvalue weighted by Gasteiger charge is 2.05. The summed E-state index contributed by atoms with van der Waals surface area (Å²) in [7, 11) is 1.78. The average Bonchev–Trinajstić information content (AvgIpc) is 2.56. The zero-order chi connectivity index (χ0) is 9.97. The van der Waals surface area contributed by atoms with Crippen LogP contribution in [0, 0.1) is 6.07 Å². The maximum Gasteiger partial charge on any atom is 0.240 e. The molecule has 0 bridgehead atoms. The zero-order valence-corrected chi connectivity index (χ0v) is 8.19. The minimum Gasteiger partial charge on any atom is -0.419 e. The monoisotopic (exact) mass is 208 g/mol. The summed E-state index contributed by atoms with van der Waals surface area (Å²) in [5, 5.41) is 4.38. The number of ether oxygens (including phenoxy) is 1. The van der Waals surface area contributed by atoms with Gasteiger partial charge in [-0.05, 0) is 6.07 Å². The van der Waals surface area contributed by atoms with Gasteiger partial charge in [-0.2, -0.15) is 5.10 Å². The number of hydrogen-bond acceptors (Lipinski definition) is 3. The summed E-state index contributed by atoms with van der Waals surface area (Å²) in [5.74, 6) is 0.944. The van der Waals surface area contributed by atoms with Gasteiger partial charge in [-0.25, -0.2) is 9.67 Å². The fourth-order valence-electron chi connectivity index (χ4n) is 0.966. The van der Waals surface area contributed by atoms with E-state index in [9.17, 15) is 0 Å². The molecule has 1 radical (unpaired) electrons. The Bertz CT molecular complexity index is 441. The predicted octanol–water partition coefficient (Wildman–Crippen LogP) is 2.06. The number of hydrogen-bond donors (Lipinski definition) is 0. The predicted molar refractivity (Wildman–Crippen MR) is 51.4 cm³/mol. The number of aryl methyl sites for hydroxylation is 1. The fourth-order valence-corrected chi connectivity index (χ4v) is 1.12. The molecule has 2 aromatic rings. The molecule has 0 atom stereocenters. The van der Waals surface area contributed by atoms with Crippen LogP contribution in [0.5, 0.6) is 11.8 Å². The molecule has 0 fully saturated rings. The molecule has 2 heterocycles. The molecule has 0 N–H and O–H groups in total. The summed E-state index contributed by atoms with van der Waals surface area (Å²) in [6.45, 7) is 0. The van der Waals surface area contributed by atoms with Crippen molar-refractivity contribution < 1.29 is 4.74 Å². The lowest BCUT2D eigenvalue weighted by atomic mass is 10.5. The molecule has 0 unspecified atom stereocenters. The Kier molecular flexibility index (Phi) is 2.37. The molecule has 4 nitrogen and oxygen atoms in total. The summed E-state index contributed by atoms with van der Waals surface area (Å²) in [6, 6.07) is 6.08. The van der Waals surface area contributed by atoms with Crippen LogP contribution in [-0.4, -0.2) is 14.8 Å². The number of nitrogens with zero attached hydrogens (tertiary/aromatic N) is 3. The molecule has 2 aromatic heterocycles. The summed E-state index contributed by atoms with van der Waals surface area (Å²) in [5.41, 5.74) is 0. The van der Waals surface area contributed by atoms with Crippen molar-refractivity contribution in [2.75, 3.05) is 0 Å². The summed E-state index contributed by atoms with van der Waals surface area (Å²) in [4.78, 5) is 3.94. The van der Waals surface area contributed by atoms with Gasteiger partial charge in [-0.3, -0.25) is 0 Å². The number of pyridine rings is 1. The van der Waals surface area contributed by atoms with E-state index in [0.717, 1.165) is 0 Å². The highest BCUT2D eigenvalue weighted by molar-refractivity contribution is 6.31. The molecule has 2 rings (SSSR count). The lowest BCUT2D eigenvalue weighted by molar-refractivity contribution is 0.416. The van der Waals surface area contributed by atoms with Crippen molar-refractivity contribution in [1.82, 2.24) is 14.8 Å². The second-order valence-electron chi connectivity index (χ2n) is 2.62. The third kappa shape index (κ3) is 1.70. The molecule has 14 heavy (non-hydrogen) atoms. The van der Waals surface area contributed by atoms with Crippen LogP contribution in [0.1, 0.15) is 0 Å². The molecule has 0 aliphatic rings. The number of halogens is 1. The highest BCUT2D eigenvalue weighted by Crippen LogP contribution is 2.25. The summed E-state index contributed by atoms with van der Waals surface area (Å²) < 4.78 is 7.01. The van der Waals surface area contributed by atoms with Crippen LogP contribution in [0.15, 0.2) is 24.5 Å². The van der Waals surface area contributed by atoms with Gasteiger partial charge in [-0.1, -0.05) is 11.6 Å². The minimum absolute atomic E-state index is 0.356. The van der Waals surface area contributed by atoms with E-state index in [1.165, 1.54) is 6.20 Å². The van der Waals surface area contributed by atoms with E-state index >= 15 is 0 Å². The summed E-state index contributed by atoms with van der Waals surface area (Å²) >= 11 is 5.85. The quantitative estimate of drug-likeness (QED) is 0.759. The van der Waals surface area contributed by atoms with Crippen molar-refractivity contribution in [3.8, 4) is 11.8 Å². The number of aromatic nitrogens is 3. The molecular weight excluding hydrogens is 202 g/mol. The van der Waals surface area contributed by atoms with E-state index in [1.54, 1.807) is 30.1 Å². The van der Waals surface area contributed by atoms with Gasteiger partial charge in [-0.15, -0.1) is 0 Å². The van der Waals surface area contributed by atoms with E-state index in [0.29, 0.717) is 16.8 Å². The van der Waals surface area contributed by atoms with Gasteiger partial charge >= 0.3 is 0 Å². The van der Waals surface area contributed by atoms with Crippen molar-refractivity contribution in [2.24, 2.45) is 7.05 Å². The van der Waals surface area contributed by atoms with Gasteiger partial charge in [0.25, 0.3) is 0 Å². The van der Waals surface area contributed by atoms with Crippen molar-refractivity contribution >= 4 is 11.6 Å². The lowest BCUT2D eigenvalue weighted by Gasteiger charge is -2.04. The Hall–Kier alpha value is -1.55. The summed E-state index contributed by atoms with van der Waals surface area (Å²) in [6.07, 6.45) is 3.13. The Morgan fingerprint density at radius 1 is 1.57 bits per heavy atom. The van der Waals surface area contributed by atoms with E-state index in [4.69, 9.17) is 16.3 Å². The third-order valence-electron chi connectivity index (χ3n) is 1.65. The second-order valence-corrected chi connectivity index (χ2v) is 3.02. The molecule has 0 aliphatic carbocycles. The fraction of sp³-hybridized carbons (Fsp3) is 0.111.